The van der Waals surface area contributed by atoms with Crippen LogP contribution in [0.15, 0.2) is 23.0 Å². The molecule has 0 spiro atoms. The van der Waals surface area contributed by atoms with Crippen molar-refractivity contribution in [2.75, 3.05) is 19.4 Å². The van der Waals surface area contributed by atoms with Crippen LogP contribution in [0.1, 0.15) is 17.5 Å². The van der Waals surface area contributed by atoms with Crippen molar-refractivity contribution >= 4 is 47.7 Å². The Bertz CT molecular complexity index is 1240. The first-order chi connectivity index (χ1) is 15.9. The van der Waals surface area contributed by atoms with Crippen LogP contribution in [0.4, 0.5) is 10.1 Å². The van der Waals surface area contributed by atoms with Crippen molar-refractivity contribution in [3.63, 3.8) is 0 Å². The number of hydrogen-bond acceptors (Lipinski definition) is 9. The molecule has 4 atom stereocenters. The highest BCUT2D eigenvalue weighted by atomic mass is 35.5. The Morgan fingerprint density at radius 3 is 2.46 bits per heavy atom. The van der Waals surface area contributed by atoms with Crippen LogP contribution in [0, 0.1) is 17.7 Å². The molecule has 35 heavy (non-hydrogen) atoms. The number of aliphatic hydroxyl groups is 3. The van der Waals surface area contributed by atoms with Crippen LogP contribution >= 0.6 is 12.4 Å². The van der Waals surface area contributed by atoms with E-state index in [-0.39, 0.29) is 54.0 Å². The van der Waals surface area contributed by atoms with E-state index in [1.54, 1.807) is 0 Å². The number of aromatic hydroxyl groups is 1. The van der Waals surface area contributed by atoms with Gasteiger partial charge in [-0.25, -0.2) is 4.39 Å². The largest absolute Gasteiger partial charge is 0.508 e. The highest BCUT2D eigenvalue weighted by Crippen LogP contribution is 2.53. The van der Waals surface area contributed by atoms with Gasteiger partial charge in [-0.15, -0.1) is 12.4 Å². The zero-order valence-corrected chi connectivity index (χ0v) is 19.4. The number of ketones is 2. The lowest BCUT2D eigenvalue weighted by Gasteiger charge is -2.50. The molecule has 0 saturated heterocycles. The van der Waals surface area contributed by atoms with E-state index in [9.17, 15) is 44.0 Å². The highest BCUT2D eigenvalue weighted by molar-refractivity contribution is 6.24. The summed E-state index contributed by atoms with van der Waals surface area (Å²) in [6.07, 6.45) is -0.0769. The zero-order chi connectivity index (χ0) is 25.3. The van der Waals surface area contributed by atoms with E-state index in [2.05, 4.69) is 5.32 Å². The molecule has 1 fully saturated rings. The van der Waals surface area contributed by atoms with Crippen LogP contribution in [-0.4, -0.2) is 74.9 Å². The van der Waals surface area contributed by atoms with Gasteiger partial charge in [0.05, 0.1) is 17.3 Å². The van der Waals surface area contributed by atoms with E-state index >= 15 is 0 Å². The molecule has 0 heterocycles. The second kappa shape index (κ2) is 8.63. The summed E-state index contributed by atoms with van der Waals surface area (Å²) < 4.78 is 14.5. The number of benzene rings is 1. The van der Waals surface area contributed by atoms with Gasteiger partial charge in [-0.1, -0.05) is 0 Å². The molecule has 3 aliphatic carbocycles. The van der Waals surface area contributed by atoms with Crippen molar-refractivity contribution in [1.82, 2.24) is 4.90 Å². The zero-order valence-electron chi connectivity index (χ0n) is 18.5. The Morgan fingerprint density at radius 1 is 1.29 bits per heavy atom. The SMILES string of the molecule is CN(C)[C@@H]1C(=O)C(C(N)=O)=C(O)C2(O)C(=O)C3=C(O)c4c(O)cc(F)c(NC=O)c4CC3CC12.Cl. The number of aliphatic hydroxyl groups excluding tert-OH is 2. The number of Topliss-reactive ketones (excluding diaryl/α,β-unsaturated/α-hetero) is 2. The molecule has 188 valence electrons. The van der Waals surface area contributed by atoms with E-state index in [0.29, 0.717) is 6.07 Å². The number of nitrogens with zero attached hydrogens (tertiary/aromatic N) is 1. The van der Waals surface area contributed by atoms with Gasteiger partial charge >= 0.3 is 0 Å². The van der Waals surface area contributed by atoms with Gasteiger partial charge in [0.15, 0.2) is 17.2 Å². The van der Waals surface area contributed by atoms with Crippen molar-refractivity contribution in [2.24, 2.45) is 17.6 Å². The van der Waals surface area contributed by atoms with Gasteiger partial charge in [-0.2, -0.15) is 0 Å². The van der Waals surface area contributed by atoms with Crippen LogP contribution < -0.4 is 11.1 Å². The summed E-state index contributed by atoms with van der Waals surface area (Å²) in [5, 5.41) is 45.6. The van der Waals surface area contributed by atoms with E-state index in [1.807, 2.05) is 0 Å². The third-order valence-electron chi connectivity index (χ3n) is 6.88. The molecule has 0 aromatic heterocycles. The smallest absolute Gasteiger partial charge is 0.255 e. The van der Waals surface area contributed by atoms with Gasteiger partial charge in [0.25, 0.3) is 5.91 Å². The normalized spacial score (nSPS) is 27.6. The molecule has 4 rings (SSSR count). The van der Waals surface area contributed by atoms with Crippen molar-refractivity contribution < 1.29 is 44.0 Å². The number of primary amides is 1. The number of halogens is 2. The second-order valence-corrected chi connectivity index (χ2v) is 8.83. The number of fused-ring (bicyclic) bond motifs is 3. The predicted octanol–water partition coefficient (Wildman–Crippen LogP) is 0.0932. The standard InChI is InChI=1S/C22H22FN3O8.ClH/c1-26(2)16-9-4-7-3-8-13(11(28)5-10(23)15(8)25-6-27)17(29)12(7)19(31)22(9,34)20(32)14(18(16)30)21(24)33;/h5-7,9,16,28-29,32,34H,3-4H2,1-2H3,(H2,24,33)(H,25,27);1H/t7?,9?,16-,22?;/m0./s1. The number of rotatable bonds is 4. The molecule has 0 radical (unpaired) electrons. The lowest BCUT2D eigenvalue weighted by molar-refractivity contribution is -0.153. The summed E-state index contributed by atoms with van der Waals surface area (Å²) in [7, 11) is 2.96. The predicted molar refractivity (Wildman–Crippen MR) is 121 cm³/mol. The molecular weight excluding hydrogens is 489 g/mol. The number of anilines is 1. The fourth-order valence-corrected chi connectivity index (χ4v) is 5.50. The fraction of sp³-hybridized carbons (Fsp3) is 0.364. The highest BCUT2D eigenvalue weighted by Gasteiger charge is 2.64. The molecular formula is C22H23ClFN3O8. The van der Waals surface area contributed by atoms with Crippen molar-refractivity contribution in [3.8, 4) is 5.75 Å². The van der Waals surface area contributed by atoms with Crippen molar-refractivity contribution in [1.29, 1.82) is 0 Å². The molecule has 7 N–H and O–H groups in total. The van der Waals surface area contributed by atoms with Gasteiger partial charge in [0.2, 0.25) is 12.2 Å². The number of phenolic OH excluding ortho intramolecular Hbond substituents is 1. The number of carbonyl (C=O) groups is 4. The molecule has 1 saturated carbocycles. The monoisotopic (exact) mass is 511 g/mol. The van der Waals surface area contributed by atoms with E-state index in [0.717, 1.165) is 0 Å². The maximum absolute atomic E-state index is 14.5. The Morgan fingerprint density at radius 2 is 1.91 bits per heavy atom. The Labute approximate surface area is 204 Å². The minimum absolute atomic E-state index is 0. The summed E-state index contributed by atoms with van der Waals surface area (Å²) in [5.74, 6) is -9.17. The number of likely N-dealkylation sites (N-methyl/N-ethyl adjacent to an activating group) is 1. The van der Waals surface area contributed by atoms with E-state index < -0.39 is 69.6 Å². The summed E-state index contributed by atoms with van der Waals surface area (Å²) in [6, 6.07) is -0.581. The molecule has 2 amide bonds. The van der Waals surface area contributed by atoms with Gasteiger partial charge < -0.3 is 31.5 Å². The third kappa shape index (κ3) is 3.39. The summed E-state index contributed by atoms with van der Waals surface area (Å²) in [5.41, 5.74) is 0.616. The fourth-order valence-electron chi connectivity index (χ4n) is 5.50. The average Bonchev–Trinajstić information content (AvgIpc) is 2.72. The Kier molecular flexibility index (Phi) is 6.44. The first-order valence-corrected chi connectivity index (χ1v) is 10.3. The van der Waals surface area contributed by atoms with Crippen LogP contribution in [0.25, 0.3) is 5.76 Å². The van der Waals surface area contributed by atoms with Crippen molar-refractivity contribution in [3.05, 3.63) is 39.9 Å². The van der Waals surface area contributed by atoms with Gasteiger partial charge in [0.1, 0.15) is 22.8 Å². The molecule has 1 aromatic carbocycles. The maximum Gasteiger partial charge on any atom is 0.255 e. The number of carbonyl (C=O) groups excluding carboxylic acids is 4. The average molecular weight is 512 g/mol. The molecule has 13 heteroatoms. The third-order valence-corrected chi connectivity index (χ3v) is 6.88. The number of phenols is 1. The van der Waals surface area contributed by atoms with Crippen LogP contribution in [0.5, 0.6) is 5.75 Å². The lowest BCUT2D eigenvalue weighted by Crippen LogP contribution is -2.65. The van der Waals surface area contributed by atoms with Gasteiger partial charge in [-0.05, 0) is 38.4 Å². The Balaban J connectivity index is 0.00000342. The minimum Gasteiger partial charge on any atom is -0.508 e. The van der Waals surface area contributed by atoms with Crippen LogP contribution in [-0.2, 0) is 25.6 Å². The molecule has 3 unspecified atom stereocenters. The lowest BCUT2D eigenvalue weighted by atomic mass is 9.57. The van der Waals surface area contributed by atoms with Crippen molar-refractivity contribution in [2.45, 2.75) is 24.5 Å². The van der Waals surface area contributed by atoms with E-state index in [1.165, 1.54) is 19.0 Å². The molecule has 0 bridgehead atoms. The maximum atomic E-state index is 14.5. The molecule has 0 aliphatic heterocycles. The van der Waals surface area contributed by atoms with Crippen LogP contribution in [0.3, 0.4) is 0 Å². The second-order valence-electron chi connectivity index (χ2n) is 8.83. The molecule has 3 aliphatic rings. The quantitative estimate of drug-likeness (QED) is 0.185. The number of nitrogens with one attached hydrogen (secondary N) is 1. The first-order valence-electron chi connectivity index (χ1n) is 10.3. The topological polar surface area (TPSA) is 190 Å². The van der Waals surface area contributed by atoms with Gasteiger partial charge in [0, 0.05) is 17.6 Å². The van der Waals surface area contributed by atoms with Crippen LogP contribution in [0.2, 0.25) is 0 Å². The first kappa shape index (κ1) is 26.1. The van der Waals surface area contributed by atoms with Gasteiger partial charge in [-0.3, -0.25) is 24.1 Å². The summed E-state index contributed by atoms with van der Waals surface area (Å²) in [6.45, 7) is 0. The number of nitrogens with two attached hydrogens (primary N) is 1. The molecule has 1 aromatic rings. The summed E-state index contributed by atoms with van der Waals surface area (Å²) in [4.78, 5) is 50.9. The number of hydrogen-bond donors (Lipinski definition) is 6. The number of amides is 2. The minimum atomic E-state index is -2.76. The summed E-state index contributed by atoms with van der Waals surface area (Å²) >= 11 is 0. The Hall–Kier alpha value is -3.48. The molecule has 11 nitrogen and oxygen atoms in total. The van der Waals surface area contributed by atoms with E-state index in [4.69, 9.17) is 5.73 Å².